The molecular formula is C33H29ClF5N9. The highest BCUT2D eigenvalue weighted by atomic mass is 35.5. The van der Waals surface area contributed by atoms with Crippen LogP contribution < -0.4 is 10.6 Å². The van der Waals surface area contributed by atoms with Gasteiger partial charge in [0.15, 0.2) is 0 Å². The average Bonchev–Trinajstić information content (AvgIpc) is 3.69. The topological polar surface area (TPSA) is 109 Å². The Morgan fingerprint density at radius 1 is 1.06 bits per heavy atom. The van der Waals surface area contributed by atoms with E-state index in [2.05, 4.69) is 50.4 Å². The lowest BCUT2D eigenvalue weighted by atomic mass is 9.95. The smallest absolute Gasteiger partial charge is 0.381 e. The molecule has 48 heavy (non-hydrogen) atoms. The van der Waals surface area contributed by atoms with Crippen LogP contribution in [0.3, 0.4) is 0 Å². The third kappa shape index (κ3) is 7.80. The van der Waals surface area contributed by atoms with E-state index in [4.69, 9.17) is 11.6 Å². The first-order chi connectivity index (χ1) is 22.8. The Bertz CT molecular complexity index is 1960. The number of nitrogens with zero attached hydrogens (tertiary/aromatic N) is 7. The standard InChI is InChI=1S/C33H29ClF5N9/c1-19-12-22(16-40)13-26(20(2)41-17-24-9-5-4-8-23(24)14-30(35)36)31(19)42-21(3)29-15-25(18-47-45-32(43-46-47)33(37,38)39)44-48(29)28-11-7-6-10-27(28)34/h6-13,15,30,41-42H,2-5,14,17-18H2,1H3. The number of rotatable bonds is 12. The molecule has 0 fully saturated rings. The molecule has 0 amide bonds. The van der Waals surface area contributed by atoms with Gasteiger partial charge in [-0.3, -0.25) is 0 Å². The summed E-state index contributed by atoms with van der Waals surface area (Å²) in [7, 11) is 0. The van der Waals surface area contributed by atoms with Gasteiger partial charge >= 0.3 is 6.18 Å². The lowest BCUT2D eigenvalue weighted by molar-refractivity contribution is -0.145. The zero-order valence-electron chi connectivity index (χ0n) is 25.6. The number of nitriles is 1. The van der Waals surface area contributed by atoms with E-state index >= 15 is 0 Å². The quantitative estimate of drug-likeness (QED) is 0.148. The Morgan fingerprint density at radius 3 is 2.46 bits per heavy atom. The van der Waals surface area contributed by atoms with Crippen LogP contribution in [0.25, 0.3) is 17.1 Å². The lowest BCUT2D eigenvalue weighted by Crippen LogP contribution is -2.19. The third-order valence-electron chi connectivity index (χ3n) is 7.45. The number of benzene rings is 2. The van der Waals surface area contributed by atoms with Crippen molar-refractivity contribution in [2.45, 2.75) is 45.3 Å². The number of hydrogen-bond donors (Lipinski definition) is 2. The van der Waals surface area contributed by atoms with Crippen LogP contribution in [-0.2, 0) is 12.7 Å². The minimum atomic E-state index is -4.76. The molecule has 0 aliphatic heterocycles. The van der Waals surface area contributed by atoms with E-state index in [9.17, 15) is 27.2 Å². The summed E-state index contributed by atoms with van der Waals surface area (Å²) >= 11 is 6.50. The van der Waals surface area contributed by atoms with Gasteiger partial charge in [-0.1, -0.05) is 49.0 Å². The summed E-state index contributed by atoms with van der Waals surface area (Å²) in [6.45, 7) is 10.2. The van der Waals surface area contributed by atoms with E-state index in [1.54, 1.807) is 49.4 Å². The van der Waals surface area contributed by atoms with E-state index in [1.807, 2.05) is 12.2 Å². The SMILES string of the molecule is C=C(NCC1=CCCC=C1CC(F)F)c1cc(C#N)cc(C)c1NC(=C)c1cc(Cn2nnc(C(F)(F)F)n2)nn1-c1ccccc1Cl. The van der Waals surface area contributed by atoms with Crippen LogP contribution in [0.5, 0.6) is 0 Å². The number of aryl methyl sites for hydroxylation is 1. The molecule has 5 rings (SSSR count). The van der Waals surface area contributed by atoms with Crippen molar-refractivity contribution >= 4 is 28.7 Å². The number of hydrogen-bond acceptors (Lipinski definition) is 7. The average molecular weight is 682 g/mol. The number of halogens is 6. The molecule has 9 nitrogen and oxygen atoms in total. The van der Waals surface area contributed by atoms with E-state index in [1.165, 1.54) is 4.68 Å². The van der Waals surface area contributed by atoms with Crippen molar-refractivity contribution in [2.75, 3.05) is 11.9 Å². The molecule has 4 aromatic rings. The molecule has 1 aliphatic rings. The van der Waals surface area contributed by atoms with E-state index in [0.29, 0.717) is 62.2 Å². The molecule has 2 N–H and O–H groups in total. The molecule has 0 atom stereocenters. The number of allylic oxidation sites excluding steroid dienone is 2. The fourth-order valence-electron chi connectivity index (χ4n) is 5.21. The number of anilines is 1. The predicted molar refractivity (Wildman–Crippen MR) is 172 cm³/mol. The van der Waals surface area contributed by atoms with Crippen molar-refractivity contribution in [3.05, 3.63) is 118 Å². The van der Waals surface area contributed by atoms with Gasteiger partial charge in [0.05, 0.1) is 45.1 Å². The van der Waals surface area contributed by atoms with Crippen LogP contribution in [0.1, 0.15) is 53.2 Å². The van der Waals surface area contributed by atoms with E-state index in [-0.39, 0.29) is 25.2 Å². The van der Waals surface area contributed by atoms with Crippen molar-refractivity contribution in [1.29, 1.82) is 5.26 Å². The Balaban J connectivity index is 1.46. The minimum absolute atomic E-state index is 0.236. The largest absolute Gasteiger partial charge is 0.455 e. The molecule has 248 valence electrons. The number of para-hydroxylation sites is 1. The normalized spacial score (nSPS) is 13.1. The summed E-state index contributed by atoms with van der Waals surface area (Å²) in [6, 6.07) is 13.9. The Kier molecular flexibility index (Phi) is 10.1. The van der Waals surface area contributed by atoms with Gasteiger partial charge in [-0.15, -0.1) is 10.2 Å². The number of aromatic nitrogens is 6. The van der Waals surface area contributed by atoms with Crippen LogP contribution >= 0.6 is 11.6 Å². The predicted octanol–water partition coefficient (Wildman–Crippen LogP) is 7.70. The van der Waals surface area contributed by atoms with Gasteiger partial charge in [0.2, 0.25) is 6.43 Å². The van der Waals surface area contributed by atoms with Crippen molar-refractivity contribution in [2.24, 2.45) is 0 Å². The van der Waals surface area contributed by atoms with Crippen LogP contribution in [0.2, 0.25) is 5.02 Å². The van der Waals surface area contributed by atoms with Crippen LogP contribution in [0, 0.1) is 18.3 Å². The lowest BCUT2D eigenvalue weighted by Gasteiger charge is -2.22. The Hall–Kier alpha value is -5.29. The summed E-state index contributed by atoms with van der Waals surface area (Å²) in [6.07, 6.45) is -2.37. The first-order valence-electron chi connectivity index (χ1n) is 14.6. The molecule has 2 heterocycles. The zero-order chi connectivity index (χ0) is 34.6. The second kappa shape index (κ2) is 14.2. The van der Waals surface area contributed by atoms with Gasteiger partial charge in [-0.2, -0.15) is 28.3 Å². The van der Waals surface area contributed by atoms with Crippen molar-refractivity contribution in [3.8, 4) is 11.8 Å². The molecule has 0 unspecified atom stereocenters. The summed E-state index contributed by atoms with van der Waals surface area (Å²) in [5.41, 5.74) is 5.44. The van der Waals surface area contributed by atoms with Crippen LogP contribution in [0.15, 0.2) is 78.9 Å². The number of alkyl halides is 5. The Morgan fingerprint density at radius 2 is 1.79 bits per heavy atom. The molecule has 0 radical (unpaired) electrons. The molecular weight excluding hydrogens is 653 g/mol. The highest BCUT2D eigenvalue weighted by Gasteiger charge is 2.37. The van der Waals surface area contributed by atoms with Gasteiger partial charge < -0.3 is 10.6 Å². The van der Waals surface area contributed by atoms with E-state index in [0.717, 1.165) is 16.8 Å². The summed E-state index contributed by atoms with van der Waals surface area (Å²) in [5.74, 6) is -1.38. The molecule has 0 saturated heterocycles. The number of nitrogens with one attached hydrogen (secondary N) is 2. The summed E-state index contributed by atoms with van der Waals surface area (Å²) in [4.78, 5) is 0.782. The highest BCUT2D eigenvalue weighted by molar-refractivity contribution is 6.32. The number of tetrazole rings is 1. The van der Waals surface area contributed by atoms with Crippen molar-refractivity contribution in [1.82, 2.24) is 35.3 Å². The van der Waals surface area contributed by atoms with Gasteiger partial charge in [-0.05, 0) is 72.0 Å². The van der Waals surface area contributed by atoms with Gasteiger partial charge in [0, 0.05) is 24.2 Å². The fraction of sp³-hybridized carbons (Fsp3) is 0.242. The molecule has 0 spiro atoms. The molecule has 0 bridgehead atoms. The van der Waals surface area contributed by atoms with E-state index < -0.39 is 18.4 Å². The van der Waals surface area contributed by atoms with Gasteiger partial charge in [0.25, 0.3) is 5.82 Å². The third-order valence-corrected chi connectivity index (χ3v) is 7.77. The molecule has 2 aromatic carbocycles. The summed E-state index contributed by atoms with van der Waals surface area (Å²) < 4.78 is 67.1. The zero-order valence-corrected chi connectivity index (χ0v) is 26.4. The maximum absolute atomic E-state index is 13.2. The molecule has 0 saturated carbocycles. The molecule has 15 heteroatoms. The van der Waals surface area contributed by atoms with Crippen LogP contribution in [0.4, 0.5) is 27.6 Å². The first-order valence-corrected chi connectivity index (χ1v) is 15.0. The molecule has 1 aliphatic carbocycles. The maximum Gasteiger partial charge on any atom is 0.455 e. The molecule has 2 aromatic heterocycles. The minimum Gasteiger partial charge on any atom is -0.381 e. The highest BCUT2D eigenvalue weighted by Crippen LogP contribution is 2.33. The van der Waals surface area contributed by atoms with Crippen molar-refractivity contribution < 1.29 is 22.0 Å². The Labute approximate surface area is 277 Å². The second-order valence-electron chi connectivity index (χ2n) is 10.9. The van der Waals surface area contributed by atoms with Gasteiger partial charge in [0.1, 0.15) is 6.54 Å². The maximum atomic E-state index is 13.2. The van der Waals surface area contributed by atoms with Crippen molar-refractivity contribution in [3.63, 3.8) is 0 Å². The first kappa shape index (κ1) is 34.1. The van der Waals surface area contributed by atoms with Gasteiger partial charge in [-0.25, -0.2) is 13.5 Å². The monoisotopic (exact) mass is 681 g/mol. The fourth-order valence-corrected chi connectivity index (χ4v) is 5.43. The second-order valence-corrected chi connectivity index (χ2v) is 11.3. The van der Waals surface area contributed by atoms with Crippen LogP contribution in [-0.4, -0.2) is 43.0 Å². The summed E-state index contributed by atoms with van der Waals surface area (Å²) in [5, 5.41) is 31.1.